The summed E-state index contributed by atoms with van der Waals surface area (Å²) < 4.78 is 38.8. The van der Waals surface area contributed by atoms with Crippen LogP contribution in [-0.2, 0) is 6.18 Å². The summed E-state index contributed by atoms with van der Waals surface area (Å²) in [6.45, 7) is 3.51. The van der Waals surface area contributed by atoms with Crippen molar-refractivity contribution >= 4 is 17.2 Å². The lowest BCUT2D eigenvalue weighted by Crippen LogP contribution is -2.28. The molecule has 0 aromatic carbocycles. The van der Waals surface area contributed by atoms with Crippen molar-refractivity contribution in [2.75, 3.05) is 0 Å². The number of carbonyl (C=O) groups excluding carboxylic acids is 1. The molecule has 2 N–H and O–H groups in total. The van der Waals surface area contributed by atoms with Gasteiger partial charge in [-0.2, -0.15) is 29.6 Å². The predicted molar refractivity (Wildman–Crippen MR) is 89.6 cm³/mol. The molecule has 0 radical (unpaired) electrons. The average Bonchev–Trinajstić information content (AvgIpc) is 3.24. The summed E-state index contributed by atoms with van der Waals surface area (Å²) in [5, 5.41) is 11.3. The molecule has 0 fully saturated rings. The van der Waals surface area contributed by atoms with Crippen LogP contribution < -0.4 is 5.32 Å². The molecular formula is C16H14F3N5OS. The molecule has 26 heavy (non-hydrogen) atoms. The number of aryl methyl sites for hydroxylation is 1. The van der Waals surface area contributed by atoms with Gasteiger partial charge in [0.1, 0.15) is 11.5 Å². The number of carbonyl (C=O) groups is 1. The fraction of sp³-hybridized carbons (Fsp3) is 0.250. The van der Waals surface area contributed by atoms with Gasteiger partial charge in [-0.3, -0.25) is 14.9 Å². The molecular weight excluding hydrogens is 367 g/mol. The minimum atomic E-state index is -4.58. The molecule has 1 atom stereocenters. The number of hydrogen-bond acceptors (Lipinski definition) is 5. The molecule has 10 heteroatoms. The summed E-state index contributed by atoms with van der Waals surface area (Å²) >= 11 is 0.822. The Kier molecular flexibility index (Phi) is 4.77. The van der Waals surface area contributed by atoms with Crippen LogP contribution in [0, 0.1) is 6.92 Å². The summed E-state index contributed by atoms with van der Waals surface area (Å²) in [5.41, 5.74) is 0.187. The number of rotatable bonds is 4. The Balaban J connectivity index is 1.76. The fourth-order valence-corrected chi connectivity index (χ4v) is 3.11. The van der Waals surface area contributed by atoms with Crippen LogP contribution in [0.4, 0.5) is 13.2 Å². The molecule has 0 spiro atoms. The van der Waals surface area contributed by atoms with E-state index in [0.29, 0.717) is 17.3 Å². The average molecular weight is 381 g/mol. The van der Waals surface area contributed by atoms with E-state index in [1.54, 1.807) is 19.2 Å². The second-order valence-corrected chi connectivity index (χ2v) is 6.40. The van der Waals surface area contributed by atoms with Crippen LogP contribution in [0.15, 0.2) is 29.1 Å². The van der Waals surface area contributed by atoms with Gasteiger partial charge < -0.3 is 5.32 Å². The van der Waals surface area contributed by atoms with E-state index in [0.717, 1.165) is 22.3 Å². The van der Waals surface area contributed by atoms with Crippen molar-refractivity contribution in [3.8, 4) is 11.5 Å². The largest absolute Gasteiger partial charge is 0.417 e. The van der Waals surface area contributed by atoms with Crippen molar-refractivity contribution in [3.05, 3.63) is 51.6 Å². The molecule has 0 saturated heterocycles. The van der Waals surface area contributed by atoms with Crippen molar-refractivity contribution in [2.24, 2.45) is 0 Å². The first kappa shape index (κ1) is 18.1. The Morgan fingerprint density at radius 3 is 2.81 bits per heavy atom. The van der Waals surface area contributed by atoms with E-state index in [2.05, 4.69) is 25.5 Å². The number of H-pyrrole nitrogens is 1. The lowest BCUT2D eigenvalue weighted by Gasteiger charge is -2.12. The number of thiophene rings is 1. The van der Waals surface area contributed by atoms with Gasteiger partial charge in [-0.15, -0.1) is 0 Å². The topological polar surface area (TPSA) is 83.6 Å². The second kappa shape index (κ2) is 6.87. The molecule has 1 unspecified atom stereocenters. The number of halogens is 3. The Hall–Kier alpha value is -2.75. The summed E-state index contributed by atoms with van der Waals surface area (Å²) in [4.78, 5) is 20.6. The van der Waals surface area contributed by atoms with Gasteiger partial charge in [-0.1, -0.05) is 0 Å². The zero-order valence-electron chi connectivity index (χ0n) is 13.8. The maximum atomic E-state index is 12.9. The van der Waals surface area contributed by atoms with Crippen molar-refractivity contribution in [3.63, 3.8) is 0 Å². The van der Waals surface area contributed by atoms with Gasteiger partial charge >= 0.3 is 6.18 Å². The van der Waals surface area contributed by atoms with Crippen LogP contribution in [0.3, 0.4) is 0 Å². The predicted octanol–water partition coefficient (Wildman–Crippen LogP) is 3.75. The van der Waals surface area contributed by atoms with Gasteiger partial charge in [-0.05, 0) is 31.5 Å². The van der Waals surface area contributed by atoms with Gasteiger partial charge in [0.05, 0.1) is 17.2 Å². The maximum absolute atomic E-state index is 12.9. The number of hydrogen-bond donors (Lipinski definition) is 2. The molecule has 3 aromatic heterocycles. The van der Waals surface area contributed by atoms with Crippen molar-refractivity contribution in [2.45, 2.75) is 26.1 Å². The molecule has 0 aliphatic heterocycles. The van der Waals surface area contributed by atoms with E-state index < -0.39 is 29.3 Å². The van der Waals surface area contributed by atoms with Crippen molar-refractivity contribution in [1.82, 2.24) is 25.5 Å². The molecule has 0 saturated carbocycles. The standard InChI is InChI=1S/C16H14F3N5OS/c1-8-3-4-20-12(5-8)14-22-13(23-24-14)9(2)21-15(25)10-6-26-7-11(10)16(17,18)19/h3-7,9H,1-2H3,(H,21,25)(H,22,23,24). The number of nitrogens with zero attached hydrogens (tertiary/aromatic N) is 3. The van der Waals surface area contributed by atoms with Gasteiger partial charge in [0.15, 0.2) is 5.82 Å². The normalized spacial score (nSPS) is 12.8. The molecule has 0 bridgehead atoms. The molecule has 1 amide bonds. The first-order valence-corrected chi connectivity index (χ1v) is 8.49. The van der Waals surface area contributed by atoms with E-state index in [1.165, 1.54) is 5.38 Å². The van der Waals surface area contributed by atoms with Gasteiger partial charge in [0.2, 0.25) is 0 Å². The van der Waals surface area contributed by atoms with Crippen LogP contribution in [0.1, 0.15) is 40.3 Å². The molecule has 0 aliphatic rings. The second-order valence-electron chi connectivity index (χ2n) is 5.65. The van der Waals surface area contributed by atoms with Crippen molar-refractivity contribution < 1.29 is 18.0 Å². The molecule has 3 aromatic rings. The quantitative estimate of drug-likeness (QED) is 0.721. The lowest BCUT2D eigenvalue weighted by molar-refractivity contribution is -0.137. The first-order valence-electron chi connectivity index (χ1n) is 7.55. The summed E-state index contributed by atoms with van der Waals surface area (Å²) in [6, 6.07) is 2.98. The molecule has 3 heterocycles. The zero-order valence-corrected chi connectivity index (χ0v) is 14.6. The van der Waals surface area contributed by atoms with E-state index in [-0.39, 0.29) is 0 Å². The minimum absolute atomic E-state index is 0.320. The summed E-state index contributed by atoms with van der Waals surface area (Å²) in [7, 11) is 0. The van der Waals surface area contributed by atoms with Crippen LogP contribution >= 0.6 is 11.3 Å². The highest BCUT2D eigenvalue weighted by atomic mass is 32.1. The fourth-order valence-electron chi connectivity index (χ4n) is 2.28. The van der Waals surface area contributed by atoms with Gasteiger partial charge in [0, 0.05) is 17.0 Å². The van der Waals surface area contributed by atoms with E-state index in [4.69, 9.17) is 0 Å². The third-order valence-electron chi connectivity index (χ3n) is 3.62. The van der Waals surface area contributed by atoms with Crippen molar-refractivity contribution in [1.29, 1.82) is 0 Å². The summed E-state index contributed by atoms with van der Waals surface area (Å²) in [6.07, 6.45) is -2.95. The van der Waals surface area contributed by atoms with Gasteiger partial charge in [-0.25, -0.2) is 4.98 Å². The van der Waals surface area contributed by atoms with Crippen LogP contribution in [-0.4, -0.2) is 26.1 Å². The SMILES string of the molecule is Cc1ccnc(-c2n[nH]c(C(C)NC(=O)c3cscc3C(F)(F)F)n2)c1. The number of nitrogens with one attached hydrogen (secondary N) is 2. The third-order valence-corrected chi connectivity index (χ3v) is 4.36. The number of aromatic amines is 1. The Labute approximate surface area is 150 Å². The van der Waals surface area contributed by atoms with Gasteiger partial charge in [0.25, 0.3) is 5.91 Å². The Morgan fingerprint density at radius 1 is 1.35 bits per heavy atom. The lowest BCUT2D eigenvalue weighted by atomic mass is 10.1. The number of alkyl halides is 3. The molecule has 6 nitrogen and oxygen atoms in total. The maximum Gasteiger partial charge on any atom is 0.417 e. The number of amides is 1. The number of aromatic nitrogens is 4. The summed E-state index contributed by atoms with van der Waals surface area (Å²) in [5.74, 6) is -0.158. The monoisotopic (exact) mass is 381 g/mol. The Bertz CT molecular complexity index is 934. The minimum Gasteiger partial charge on any atom is -0.342 e. The zero-order chi connectivity index (χ0) is 18.9. The highest BCUT2D eigenvalue weighted by molar-refractivity contribution is 7.08. The number of pyridine rings is 1. The first-order chi connectivity index (χ1) is 12.3. The van der Waals surface area contributed by atoms with E-state index in [9.17, 15) is 18.0 Å². The van der Waals surface area contributed by atoms with E-state index in [1.807, 2.05) is 13.0 Å². The van der Waals surface area contributed by atoms with E-state index >= 15 is 0 Å². The van der Waals surface area contributed by atoms with Crippen LogP contribution in [0.5, 0.6) is 0 Å². The third kappa shape index (κ3) is 3.74. The molecule has 136 valence electrons. The van der Waals surface area contributed by atoms with Crippen LogP contribution in [0.2, 0.25) is 0 Å². The highest BCUT2D eigenvalue weighted by Gasteiger charge is 2.36. The smallest absolute Gasteiger partial charge is 0.342 e. The molecule has 3 rings (SSSR count). The Morgan fingerprint density at radius 2 is 2.12 bits per heavy atom. The van der Waals surface area contributed by atoms with Crippen LogP contribution in [0.25, 0.3) is 11.5 Å². The molecule has 0 aliphatic carbocycles. The highest BCUT2D eigenvalue weighted by Crippen LogP contribution is 2.34.